The van der Waals surface area contributed by atoms with E-state index in [2.05, 4.69) is 110 Å². The fourth-order valence-corrected chi connectivity index (χ4v) is 5.96. The minimum atomic E-state index is 0.307. The number of hydrogen-bond donors (Lipinski definition) is 2. The van der Waals surface area contributed by atoms with Crippen LogP contribution in [0.25, 0.3) is 21.9 Å². The van der Waals surface area contributed by atoms with Crippen LogP contribution in [0.3, 0.4) is 0 Å². The van der Waals surface area contributed by atoms with E-state index < -0.39 is 0 Å². The second kappa shape index (κ2) is 11.6. The van der Waals surface area contributed by atoms with Crippen molar-refractivity contribution in [2.75, 3.05) is 0 Å². The highest BCUT2D eigenvalue weighted by Crippen LogP contribution is 2.29. The second-order valence-corrected chi connectivity index (χ2v) is 11.0. The van der Waals surface area contributed by atoms with Crippen molar-refractivity contribution in [3.8, 4) is 0 Å². The van der Waals surface area contributed by atoms with Crippen LogP contribution >= 0.6 is 0 Å². The summed E-state index contributed by atoms with van der Waals surface area (Å²) in [6, 6.07) is 28.4. The van der Waals surface area contributed by atoms with E-state index in [0.717, 1.165) is 61.4 Å². The van der Waals surface area contributed by atoms with Crippen molar-refractivity contribution in [2.45, 2.75) is 51.1 Å². The molecule has 5 aromatic rings. The van der Waals surface area contributed by atoms with Crippen LogP contribution in [0.4, 0.5) is 0 Å². The number of aliphatic imine (C=N–C) groups is 1. The molecule has 2 N–H and O–H groups in total. The molecule has 2 aliphatic rings. The van der Waals surface area contributed by atoms with Crippen molar-refractivity contribution in [1.29, 1.82) is 0 Å². The molecule has 0 saturated carbocycles. The summed E-state index contributed by atoms with van der Waals surface area (Å²) in [7, 11) is 0. The summed E-state index contributed by atoms with van der Waals surface area (Å²) >= 11 is 0. The Labute approximate surface area is 240 Å². The number of hydrogen-bond acceptors (Lipinski definition) is 5. The molecule has 0 fully saturated rings. The SMILES string of the molecule is C1=CC2=CC(N(Cc3ccc(CNCc4cnc5ccccc5c4)cc3)Cc3nc4ccccc4[nH]3)CCC2N=C1. The maximum Gasteiger partial charge on any atom is 0.121 e. The molecule has 7 rings (SSSR count). The monoisotopic (exact) mass is 538 g/mol. The third kappa shape index (κ3) is 5.89. The first-order valence-electron chi connectivity index (χ1n) is 14.5. The van der Waals surface area contributed by atoms with Gasteiger partial charge in [0.15, 0.2) is 0 Å². The number of pyridine rings is 1. The molecule has 0 amide bonds. The predicted molar refractivity (Wildman–Crippen MR) is 167 cm³/mol. The largest absolute Gasteiger partial charge is 0.341 e. The summed E-state index contributed by atoms with van der Waals surface area (Å²) in [5.41, 5.74) is 8.26. The molecule has 6 nitrogen and oxygen atoms in total. The highest BCUT2D eigenvalue weighted by Gasteiger charge is 2.27. The number of fused-ring (bicyclic) bond motifs is 3. The van der Waals surface area contributed by atoms with Gasteiger partial charge in [0.05, 0.1) is 29.1 Å². The van der Waals surface area contributed by atoms with Crippen LogP contribution < -0.4 is 5.32 Å². The highest BCUT2D eigenvalue weighted by atomic mass is 15.2. The molecule has 2 atom stereocenters. The van der Waals surface area contributed by atoms with Crippen LogP contribution in [-0.2, 0) is 26.2 Å². The lowest BCUT2D eigenvalue weighted by Gasteiger charge is -2.34. The van der Waals surface area contributed by atoms with Crippen molar-refractivity contribution in [1.82, 2.24) is 25.2 Å². The Hall–Kier alpha value is -4.39. The van der Waals surface area contributed by atoms with Crippen LogP contribution in [-0.4, -0.2) is 38.2 Å². The molecule has 204 valence electrons. The number of para-hydroxylation sites is 3. The van der Waals surface area contributed by atoms with Gasteiger partial charge in [0.1, 0.15) is 5.82 Å². The number of allylic oxidation sites excluding steroid dienone is 1. The van der Waals surface area contributed by atoms with Gasteiger partial charge in [-0.3, -0.25) is 14.9 Å². The summed E-state index contributed by atoms with van der Waals surface area (Å²) < 4.78 is 0. The average molecular weight is 539 g/mol. The predicted octanol–water partition coefficient (Wildman–Crippen LogP) is 6.50. The van der Waals surface area contributed by atoms with E-state index in [1.807, 2.05) is 24.5 Å². The number of rotatable bonds is 9. The Morgan fingerprint density at radius 3 is 2.54 bits per heavy atom. The second-order valence-electron chi connectivity index (χ2n) is 11.0. The lowest BCUT2D eigenvalue weighted by atomic mass is 9.89. The normalized spacial score (nSPS) is 18.2. The van der Waals surface area contributed by atoms with Gasteiger partial charge in [0, 0.05) is 43.5 Å². The van der Waals surface area contributed by atoms with Crippen LogP contribution in [0.2, 0.25) is 0 Å². The molecule has 1 aliphatic carbocycles. The number of aromatic amines is 1. The zero-order chi connectivity index (χ0) is 27.4. The van der Waals surface area contributed by atoms with Crippen LogP contribution in [0, 0.1) is 0 Å². The van der Waals surface area contributed by atoms with Gasteiger partial charge in [-0.15, -0.1) is 0 Å². The Morgan fingerprint density at radius 1 is 0.829 bits per heavy atom. The van der Waals surface area contributed by atoms with E-state index >= 15 is 0 Å². The third-order valence-corrected chi connectivity index (χ3v) is 8.12. The molecule has 0 spiro atoms. The molecule has 3 heterocycles. The van der Waals surface area contributed by atoms with E-state index in [1.54, 1.807) is 0 Å². The van der Waals surface area contributed by atoms with Crippen LogP contribution in [0.1, 0.15) is 35.4 Å². The lowest BCUT2D eigenvalue weighted by molar-refractivity contribution is 0.188. The molecule has 0 radical (unpaired) electrons. The summed E-state index contributed by atoms with van der Waals surface area (Å²) in [5, 5.41) is 4.76. The first kappa shape index (κ1) is 25.6. The average Bonchev–Trinajstić information content (AvgIpc) is 3.44. The zero-order valence-corrected chi connectivity index (χ0v) is 23.1. The molecule has 2 aromatic heterocycles. The summed E-state index contributed by atoms with van der Waals surface area (Å²) in [6.07, 6.45) is 12.8. The van der Waals surface area contributed by atoms with Crippen LogP contribution in [0.15, 0.2) is 114 Å². The maximum atomic E-state index is 4.89. The van der Waals surface area contributed by atoms with Gasteiger partial charge in [0.2, 0.25) is 0 Å². The van der Waals surface area contributed by atoms with E-state index in [4.69, 9.17) is 4.98 Å². The molecule has 2 unspecified atom stereocenters. The molecule has 0 bridgehead atoms. The molecule has 41 heavy (non-hydrogen) atoms. The van der Waals surface area contributed by atoms with Gasteiger partial charge in [-0.1, -0.05) is 66.7 Å². The maximum absolute atomic E-state index is 4.89. The summed E-state index contributed by atoms with van der Waals surface area (Å²) in [4.78, 5) is 20.2. The Morgan fingerprint density at radius 2 is 1.63 bits per heavy atom. The molecule has 0 saturated heterocycles. The molecular formula is C35H34N6. The highest BCUT2D eigenvalue weighted by molar-refractivity contribution is 5.78. The number of nitrogens with one attached hydrogen (secondary N) is 2. The van der Waals surface area contributed by atoms with Gasteiger partial charge in [-0.25, -0.2) is 4.98 Å². The number of dihydropyridines is 1. The van der Waals surface area contributed by atoms with E-state index in [9.17, 15) is 0 Å². The Bertz CT molecular complexity index is 1710. The fourth-order valence-electron chi connectivity index (χ4n) is 5.96. The number of nitrogens with zero attached hydrogens (tertiary/aromatic N) is 4. The first-order valence-corrected chi connectivity index (χ1v) is 14.5. The quantitative estimate of drug-likeness (QED) is 0.225. The van der Waals surface area contributed by atoms with Crippen molar-refractivity contribution < 1.29 is 0 Å². The first-order chi connectivity index (χ1) is 20.3. The van der Waals surface area contributed by atoms with Gasteiger partial charge in [0.25, 0.3) is 0 Å². The molecule has 6 heteroatoms. The van der Waals surface area contributed by atoms with Crippen molar-refractivity contribution >= 4 is 28.2 Å². The third-order valence-electron chi connectivity index (χ3n) is 8.12. The van der Waals surface area contributed by atoms with Crippen LogP contribution in [0.5, 0.6) is 0 Å². The Kier molecular flexibility index (Phi) is 7.24. The number of aromatic nitrogens is 3. The standard InChI is InChI=1S/C35H34N6/c1-2-8-31-28(6-1)18-27(22-38-31)21-36-20-25-11-13-26(14-12-25)23-41(24-35-39-33-9-3-4-10-34(33)40-35)30-15-16-32-29(19-30)7-5-17-37-32/h1-14,17-19,22,30,32,36H,15-16,20-21,23-24H2,(H,39,40). The van der Waals surface area contributed by atoms with Gasteiger partial charge < -0.3 is 10.3 Å². The smallest absolute Gasteiger partial charge is 0.121 e. The van der Waals surface area contributed by atoms with Crippen molar-refractivity contribution in [2.24, 2.45) is 4.99 Å². The fraction of sp³-hybridized carbons (Fsp3) is 0.229. The van der Waals surface area contributed by atoms with Crippen molar-refractivity contribution in [3.05, 3.63) is 131 Å². The minimum absolute atomic E-state index is 0.307. The zero-order valence-electron chi connectivity index (χ0n) is 23.1. The Balaban J connectivity index is 1.04. The van der Waals surface area contributed by atoms with Gasteiger partial charge in [-0.05, 0) is 65.4 Å². The molecular weight excluding hydrogens is 504 g/mol. The van der Waals surface area contributed by atoms with E-state index in [1.165, 1.54) is 27.6 Å². The minimum Gasteiger partial charge on any atom is -0.341 e. The molecule has 1 aliphatic heterocycles. The molecule has 3 aromatic carbocycles. The van der Waals surface area contributed by atoms with Crippen molar-refractivity contribution in [3.63, 3.8) is 0 Å². The summed E-state index contributed by atoms with van der Waals surface area (Å²) in [5.74, 6) is 1.01. The van der Waals surface area contributed by atoms with Gasteiger partial charge >= 0.3 is 0 Å². The topological polar surface area (TPSA) is 69.2 Å². The van der Waals surface area contributed by atoms with E-state index in [0.29, 0.717) is 12.1 Å². The number of imidazole rings is 1. The number of H-pyrrole nitrogens is 1. The number of benzene rings is 3. The van der Waals surface area contributed by atoms with E-state index in [-0.39, 0.29) is 0 Å². The lowest BCUT2D eigenvalue weighted by Crippen LogP contribution is -2.37. The summed E-state index contributed by atoms with van der Waals surface area (Å²) in [6.45, 7) is 3.24. The van der Waals surface area contributed by atoms with Gasteiger partial charge in [-0.2, -0.15) is 0 Å².